The molecular weight excluding hydrogens is 309 g/mol. The Labute approximate surface area is 131 Å². The Morgan fingerprint density at radius 2 is 2.23 bits per heavy atom. The fourth-order valence-corrected chi connectivity index (χ4v) is 4.03. The molecule has 1 fully saturated rings. The topological polar surface area (TPSA) is 15.3 Å². The average molecular weight is 328 g/mol. The lowest BCUT2D eigenvalue weighted by atomic mass is 10.0. The zero-order chi connectivity index (χ0) is 15.7. The van der Waals surface area contributed by atoms with Gasteiger partial charge < -0.3 is 10.2 Å². The van der Waals surface area contributed by atoms with E-state index in [1.54, 1.807) is 5.38 Å². The lowest BCUT2D eigenvalue weighted by molar-refractivity contribution is 0.149. The summed E-state index contributed by atoms with van der Waals surface area (Å²) in [4.78, 5) is 1.98. The van der Waals surface area contributed by atoms with Gasteiger partial charge in [0.05, 0.1) is 16.4 Å². The second-order valence-corrected chi connectivity index (χ2v) is 6.74. The normalized spacial score (nSPS) is 23.3. The number of piperidine rings is 1. The van der Waals surface area contributed by atoms with E-state index in [1.807, 2.05) is 30.1 Å². The van der Waals surface area contributed by atoms with Gasteiger partial charge in [0.25, 0.3) is 0 Å². The molecule has 2 atom stereocenters. The Morgan fingerprint density at radius 3 is 2.95 bits per heavy atom. The van der Waals surface area contributed by atoms with E-state index in [4.69, 9.17) is 0 Å². The first-order valence-corrected chi connectivity index (χ1v) is 8.29. The largest absolute Gasteiger partial charge is 0.378 e. The van der Waals surface area contributed by atoms with Crippen LogP contribution in [0.4, 0.5) is 18.9 Å². The van der Waals surface area contributed by atoms with Crippen molar-refractivity contribution in [3.8, 4) is 0 Å². The molecule has 1 aliphatic rings. The van der Waals surface area contributed by atoms with Crippen LogP contribution in [0.5, 0.6) is 0 Å². The van der Waals surface area contributed by atoms with Crippen molar-refractivity contribution >= 4 is 27.1 Å². The minimum Gasteiger partial charge on any atom is -0.378 e. The fourth-order valence-electron chi connectivity index (χ4n) is 2.97. The highest BCUT2D eigenvalue weighted by atomic mass is 32.1. The van der Waals surface area contributed by atoms with Gasteiger partial charge in [-0.1, -0.05) is 12.1 Å². The van der Waals surface area contributed by atoms with Gasteiger partial charge in [-0.05, 0) is 35.9 Å². The highest BCUT2D eigenvalue weighted by Crippen LogP contribution is 2.34. The molecule has 2 aromatic rings. The number of halogens is 3. The van der Waals surface area contributed by atoms with Crippen molar-refractivity contribution in [1.29, 1.82) is 0 Å². The van der Waals surface area contributed by atoms with E-state index in [9.17, 15) is 13.2 Å². The number of likely N-dealkylation sites (tertiary alicyclic amines) is 1. The van der Waals surface area contributed by atoms with Crippen molar-refractivity contribution in [2.24, 2.45) is 0 Å². The van der Waals surface area contributed by atoms with E-state index in [-0.39, 0.29) is 12.5 Å². The van der Waals surface area contributed by atoms with Gasteiger partial charge in [0, 0.05) is 19.5 Å². The second kappa shape index (κ2) is 6.46. The van der Waals surface area contributed by atoms with Gasteiger partial charge in [-0.3, -0.25) is 0 Å². The number of hydrogen-bond donors (Lipinski definition) is 1. The minimum atomic E-state index is -2.35. The van der Waals surface area contributed by atoms with Crippen molar-refractivity contribution in [1.82, 2.24) is 4.90 Å². The molecule has 0 aliphatic carbocycles. The monoisotopic (exact) mass is 328 g/mol. The van der Waals surface area contributed by atoms with Gasteiger partial charge in [0.2, 0.25) is 6.43 Å². The van der Waals surface area contributed by atoms with E-state index >= 15 is 0 Å². The molecule has 2 nitrogen and oxygen atoms in total. The van der Waals surface area contributed by atoms with Crippen LogP contribution in [0.3, 0.4) is 0 Å². The summed E-state index contributed by atoms with van der Waals surface area (Å²) >= 11 is 1.44. The summed E-state index contributed by atoms with van der Waals surface area (Å²) in [5, 5.41) is 5.91. The highest BCUT2D eigenvalue weighted by Gasteiger charge is 2.27. The molecule has 0 radical (unpaired) electrons. The van der Waals surface area contributed by atoms with Crippen LogP contribution in [0.2, 0.25) is 0 Å². The summed E-state index contributed by atoms with van der Waals surface area (Å²) < 4.78 is 40.3. The average Bonchev–Trinajstić information content (AvgIpc) is 2.85. The smallest absolute Gasteiger partial charge is 0.242 e. The molecule has 3 rings (SSSR count). The molecule has 120 valence electrons. The van der Waals surface area contributed by atoms with Gasteiger partial charge in [-0.15, -0.1) is 11.3 Å². The van der Waals surface area contributed by atoms with Gasteiger partial charge in [0.15, 0.2) is 0 Å². The maximum atomic E-state index is 14.2. The molecule has 1 aliphatic heterocycles. The molecule has 0 saturated carbocycles. The number of nitrogens with zero attached hydrogens (tertiary/aromatic N) is 1. The third-order valence-electron chi connectivity index (χ3n) is 4.14. The Balaban J connectivity index is 1.83. The van der Waals surface area contributed by atoms with Crippen LogP contribution in [-0.4, -0.2) is 43.7 Å². The van der Waals surface area contributed by atoms with Crippen LogP contribution in [0.25, 0.3) is 10.1 Å². The van der Waals surface area contributed by atoms with Crippen LogP contribution in [-0.2, 0) is 6.42 Å². The van der Waals surface area contributed by atoms with Crippen LogP contribution in [0.15, 0.2) is 23.6 Å². The number of fused-ring (bicyclic) bond motifs is 1. The van der Waals surface area contributed by atoms with Crippen molar-refractivity contribution in [2.75, 3.05) is 25.5 Å². The first kappa shape index (κ1) is 15.6. The molecule has 22 heavy (non-hydrogen) atoms. The van der Waals surface area contributed by atoms with Crippen LogP contribution in [0, 0.1) is 0 Å². The first-order chi connectivity index (χ1) is 10.5. The summed E-state index contributed by atoms with van der Waals surface area (Å²) in [5.41, 5.74) is 1.51. The van der Waals surface area contributed by atoms with E-state index in [0.29, 0.717) is 12.1 Å². The SMILES string of the molecule is CN1CC[C@@H](Nc2cccc3c(CC(F)F)csc23)[C@H](F)C1. The predicted octanol–water partition coefficient (Wildman–Crippen LogP) is 4.16. The fraction of sp³-hybridized carbons (Fsp3) is 0.500. The zero-order valence-electron chi connectivity index (χ0n) is 12.4. The maximum absolute atomic E-state index is 14.2. The molecule has 1 saturated heterocycles. The van der Waals surface area contributed by atoms with Crippen LogP contribution < -0.4 is 5.32 Å². The molecule has 1 aromatic carbocycles. The van der Waals surface area contributed by atoms with Gasteiger partial charge in [0.1, 0.15) is 6.17 Å². The Hall–Kier alpha value is -1.27. The molecule has 2 heterocycles. The summed E-state index contributed by atoms with van der Waals surface area (Å²) in [5.74, 6) is 0. The third-order valence-corrected chi connectivity index (χ3v) is 5.22. The lowest BCUT2D eigenvalue weighted by Gasteiger charge is -2.33. The Kier molecular flexibility index (Phi) is 4.59. The Bertz CT molecular complexity index is 643. The number of alkyl halides is 3. The van der Waals surface area contributed by atoms with Crippen LogP contribution in [0.1, 0.15) is 12.0 Å². The zero-order valence-corrected chi connectivity index (χ0v) is 13.2. The number of nitrogens with one attached hydrogen (secondary N) is 1. The molecule has 0 unspecified atom stereocenters. The summed E-state index contributed by atoms with van der Waals surface area (Å²) in [6.45, 7) is 1.28. The highest BCUT2D eigenvalue weighted by molar-refractivity contribution is 7.18. The summed E-state index contributed by atoms with van der Waals surface area (Å²) in [7, 11) is 1.92. The summed E-state index contributed by atoms with van der Waals surface area (Å²) in [6.07, 6.45) is -2.76. The second-order valence-electron chi connectivity index (χ2n) is 5.86. The van der Waals surface area contributed by atoms with E-state index in [2.05, 4.69) is 5.32 Å². The van der Waals surface area contributed by atoms with E-state index < -0.39 is 12.6 Å². The van der Waals surface area contributed by atoms with E-state index in [1.165, 1.54) is 11.3 Å². The van der Waals surface area contributed by atoms with Gasteiger partial charge in [-0.25, -0.2) is 13.2 Å². The third kappa shape index (κ3) is 3.22. The van der Waals surface area contributed by atoms with Crippen molar-refractivity contribution < 1.29 is 13.2 Å². The summed E-state index contributed by atoms with van der Waals surface area (Å²) in [6, 6.07) is 5.38. The van der Waals surface area contributed by atoms with Crippen molar-refractivity contribution in [3.05, 3.63) is 29.1 Å². The van der Waals surface area contributed by atoms with Gasteiger partial charge >= 0.3 is 0 Å². The Morgan fingerprint density at radius 1 is 1.41 bits per heavy atom. The lowest BCUT2D eigenvalue weighted by Crippen LogP contribution is -2.46. The molecule has 0 amide bonds. The molecule has 0 bridgehead atoms. The van der Waals surface area contributed by atoms with Crippen LogP contribution >= 0.6 is 11.3 Å². The first-order valence-electron chi connectivity index (χ1n) is 7.41. The standard InChI is InChI=1S/C16H19F3N2S/c1-21-6-5-13(12(17)8-21)20-14-4-2-3-11-10(7-15(18)19)9-22-16(11)14/h2-4,9,12-13,15,20H,5-8H2,1H3/t12-,13-/m1/s1. The van der Waals surface area contributed by atoms with Crippen molar-refractivity contribution in [3.63, 3.8) is 0 Å². The number of anilines is 1. The number of thiophene rings is 1. The number of hydrogen-bond acceptors (Lipinski definition) is 3. The van der Waals surface area contributed by atoms with Gasteiger partial charge in [-0.2, -0.15) is 0 Å². The quantitative estimate of drug-likeness (QED) is 0.906. The molecular formula is C16H19F3N2S. The number of rotatable bonds is 4. The molecule has 1 aromatic heterocycles. The molecule has 0 spiro atoms. The van der Waals surface area contributed by atoms with E-state index in [0.717, 1.165) is 28.7 Å². The maximum Gasteiger partial charge on any atom is 0.242 e. The predicted molar refractivity (Wildman–Crippen MR) is 86.0 cm³/mol. The number of benzene rings is 1. The minimum absolute atomic E-state index is 0.220. The molecule has 6 heteroatoms. The van der Waals surface area contributed by atoms with Crippen molar-refractivity contribution in [2.45, 2.75) is 31.5 Å². The molecule has 1 N–H and O–H groups in total.